The van der Waals surface area contributed by atoms with Crippen molar-refractivity contribution in [3.8, 4) is 0 Å². The molecule has 1 heterocycles. The van der Waals surface area contributed by atoms with Crippen molar-refractivity contribution in [1.29, 1.82) is 0 Å². The molecule has 1 unspecified atom stereocenters. The van der Waals surface area contributed by atoms with E-state index in [-0.39, 0.29) is 30.4 Å². The molecule has 1 aromatic heterocycles. The lowest BCUT2D eigenvalue weighted by Gasteiger charge is -2.37. The molecule has 6 heteroatoms. The molecule has 3 aromatic rings. The fourth-order valence-electron chi connectivity index (χ4n) is 5.15. The molecule has 0 N–H and O–H groups in total. The Bertz CT molecular complexity index is 1150. The van der Waals surface area contributed by atoms with Crippen LogP contribution in [0.3, 0.4) is 0 Å². The molecule has 37 heavy (non-hydrogen) atoms. The molecule has 0 radical (unpaired) electrons. The molecule has 1 aliphatic rings. The minimum atomic E-state index is -0.0782. The van der Waals surface area contributed by atoms with Crippen LogP contribution in [0.2, 0.25) is 0 Å². The highest BCUT2D eigenvalue weighted by Gasteiger charge is 2.30. The third-order valence-electron chi connectivity index (χ3n) is 7.57. The first-order valence-electron chi connectivity index (χ1n) is 13.5. The van der Waals surface area contributed by atoms with Crippen molar-refractivity contribution in [1.82, 2.24) is 14.4 Å². The second kappa shape index (κ2) is 13.1. The average Bonchev–Trinajstić information content (AvgIpc) is 3.38. The van der Waals surface area contributed by atoms with Gasteiger partial charge in [0.2, 0.25) is 5.91 Å². The molecule has 1 aliphatic carbocycles. The molecular formula is C31H38BrN3O2. The SMILES string of the molecule is CCC(C)N(CC(=O)N(Cc1cccn1Cc1ccc(Br)cc1)C1CCCCC1)C(=O)c1ccccc1. The van der Waals surface area contributed by atoms with E-state index < -0.39 is 0 Å². The Balaban J connectivity index is 1.56. The van der Waals surface area contributed by atoms with E-state index in [1.54, 1.807) is 4.90 Å². The summed E-state index contributed by atoms with van der Waals surface area (Å²) in [5, 5.41) is 0. The summed E-state index contributed by atoms with van der Waals surface area (Å²) in [6, 6.07) is 22.0. The number of hydrogen-bond acceptors (Lipinski definition) is 2. The normalized spacial score (nSPS) is 14.8. The summed E-state index contributed by atoms with van der Waals surface area (Å²) in [4.78, 5) is 31.2. The fraction of sp³-hybridized carbons (Fsp3) is 0.419. The van der Waals surface area contributed by atoms with Crippen molar-refractivity contribution in [2.75, 3.05) is 6.54 Å². The van der Waals surface area contributed by atoms with Crippen LogP contribution in [-0.4, -0.2) is 44.8 Å². The van der Waals surface area contributed by atoms with E-state index in [1.165, 1.54) is 12.0 Å². The largest absolute Gasteiger partial charge is 0.345 e. The number of carbonyl (C=O) groups excluding carboxylic acids is 2. The third kappa shape index (κ3) is 7.13. The van der Waals surface area contributed by atoms with Crippen LogP contribution in [0.15, 0.2) is 77.4 Å². The molecule has 1 saturated carbocycles. The van der Waals surface area contributed by atoms with Crippen molar-refractivity contribution >= 4 is 27.7 Å². The fourth-order valence-corrected chi connectivity index (χ4v) is 5.42. The van der Waals surface area contributed by atoms with Gasteiger partial charge in [0.1, 0.15) is 6.54 Å². The highest BCUT2D eigenvalue weighted by atomic mass is 79.9. The van der Waals surface area contributed by atoms with E-state index in [0.717, 1.165) is 48.8 Å². The van der Waals surface area contributed by atoms with Gasteiger partial charge in [0, 0.05) is 40.6 Å². The van der Waals surface area contributed by atoms with Crippen LogP contribution in [0.4, 0.5) is 0 Å². The zero-order valence-electron chi connectivity index (χ0n) is 22.0. The van der Waals surface area contributed by atoms with Crippen LogP contribution in [-0.2, 0) is 17.9 Å². The number of nitrogens with zero attached hydrogens (tertiary/aromatic N) is 3. The van der Waals surface area contributed by atoms with Crippen LogP contribution in [0, 0.1) is 0 Å². The van der Waals surface area contributed by atoms with Gasteiger partial charge in [-0.25, -0.2) is 0 Å². The zero-order chi connectivity index (χ0) is 26.2. The van der Waals surface area contributed by atoms with Gasteiger partial charge in [0.25, 0.3) is 5.91 Å². The highest BCUT2D eigenvalue weighted by Crippen LogP contribution is 2.25. The molecule has 2 amide bonds. The van der Waals surface area contributed by atoms with Crippen LogP contribution >= 0.6 is 15.9 Å². The van der Waals surface area contributed by atoms with Gasteiger partial charge in [-0.15, -0.1) is 0 Å². The lowest BCUT2D eigenvalue weighted by molar-refractivity contribution is -0.136. The lowest BCUT2D eigenvalue weighted by Crippen LogP contribution is -2.49. The topological polar surface area (TPSA) is 45.6 Å². The Morgan fingerprint density at radius 2 is 1.68 bits per heavy atom. The molecule has 196 valence electrons. The first-order chi connectivity index (χ1) is 18.0. The lowest BCUT2D eigenvalue weighted by atomic mass is 9.94. The summed E-state index contributed by atoms with van der Waals surface area (Å²) < 4.78 is 3.29. The van der Waals surface area contributed by atoms with E-state index in [2.05, 4.69) is 74.9 Å². The van der Waals surface area contributed by atoms with Crippen molar-refractivity contribution in [2.24, 2.45) is 0 Å². The molecule has 4 rings (SSSR count). The maximum absolute atomic E-state index is 14.0. The predicted octanol–water partition coefficient (Wildman–Crippen LogP) is 6.90. The van der Waals surface area contributed by atoms with Gasteiger partial charge in [-0.1, -0.05) is 72.4 Å². The number of aromatic nitrogens is 1. The van der Waals surface area contributed by atoms with Crippen LogP contribution < -0.4 is 0 Å². The van der Waals surface area contributed by atoms with E-state index in [0.29, 0.717) is 12.1 Å². The Morgan fingerprint density at radius 3 is 2.35 bits per heavy atom. The minimum Gasteiger partial charge on any atom is -0.345 e. The van der Waals surface area contributed by atoms with Crippen molar-refractivity contribution in [3.05, 3.63) is 94.2 Å². The Morgan fingerprint density at radius 1 is 0.973 bits per heavy atom. The molecule has 0 spiro atoms. The van der Waals surface area contributed by atoms with Crippen molar-refractivity contribution < 1.29 is 9.59 Å². The molecule has 0 bridgehead atoms. The van der Waals surface area contributed by atoms with E-state index in [9.17, 15) is 9.59 Å². The summed E-state index contributed by atoms with van der Waals surface area (Å²) in [6.07, 6.45) is 8.45. The third-order valence-corrected chi connectivity index (χ3v) is 8.10. The van der Waals surface area contributed by atoms with Crippen molar-refractivity contribution in [2.45, 2.75) is 77.5 Å². The molecular weight excluding hydrogens is 526 g/mol. The number of benzene rings is 2. The van der Waals surface area contributed by atoms with Gasteiger partial charge in [0.15, 0.2) is 0 Å². The zero-order valence-corrected chi connectivity index (χ0v) is 23.6. The minimum absolute atomic E-state index is 0.0221. The number of rotatable bonds is 10. The summed E-state index contributed by atoms with van der Waals surface area (Å²) in [5.74, 6) is -0.0432. The molecule has 2 aromatic carbocycles. The second-order valence-electron chi connectivity index (χ2n) is 10.1. The first-order valence-corrected chi connectivity index (χ1v) is 14.3. The Labute approximate surface area is 229 Å². The summed E-state index contributed by atoms with van der Waals surface area (Å²) in [6.45, 7) is 5.51. The maximum atomic E-state index is 14.0. The number of hydrogen-bond donors (Lipinski definition) is 0. The second-order valence-corrected chi connectivity index (χ2v) is 11.0. The summed E-state index contributed by atoms with van der Waals surface area (Å²) in [7, 11) is 0. The van der Waals surface area contributed by atoms with E-state index >= 15 is 0 Å². The predicted molar refractivity (Wildman–Crippen MR) is 152 cm³/mol. The molecule has 0 aliphatic heterocycles. The Kier molecular flexibility index (Phi) is 9.62. The molecule has 0 saturated heterocycles. The average molecular weight is 565 g/mol. The Hall–Kier alpha value is -2.86. The smallest absolute Gasteiger partial charge is 0.254 e. The quantitative estimate of drug-likeness (QED) is 0.269. The van der Waals surface area contributed by atoms with Gasteiger partial charge in [-0.3, -0.25) is 9.59 Å². The molecule has 5 nitrogen and oxygen atoms in total. The van der Waals surface area contributed by atoms with Crippen LogP contribution in [0.1, 0.15) is 74.0 Å². The maximum Gasteiger partial charge on any atom is 0.254 e. The van der Waals surface area contributed by atoms with Gasteiger partial charge in [-0.05, 0) is 68.1 Å². The standard InChI is InChI=1S/C31H38BrN3O2/c1-3-24(2)34(31(37)26-11-6-4-7-12-26)23-30(36)35(28-13-8-5-9-14-28)22-29-15-10-20-33(29)21-25-16-18-27(32)19-17-25/h4,6-7,10-12,15-20,24,28H,3,5,8-9,13-14,21-23H2,1-2H3. The number of carbonyl (C=O) groups is 2. The molecule has 1 atom stereocenters. The highest BCUT2D eigenvalue weighted by molar-refractivity contribution is 9.10. The van der Waals surface area contributed by atoms with E-state index in [4.69, 9.17) is 0 Å². The van der Waals surface area contributed by atoms with Crippen molar-refractivity contribution in [3.63, 3.8) is 0 Å². The van der Waals surface area contributed by atoms with Gasteiger partial charge in [-0.2, -0.15) is 0 Å². The monoisotopic (exact) mass is 563 g/mol. The number of halogens is 1. The summed E-state index contributed by atoms with van der Waals surface area (Å²) >= 11 is 3.51. The first kappa shape index (κ1) is 27.2. The number of amides is 2. The van der Waals surface area contributed by atoms with Gasteiger partial charge >= 0.3 is 0 Å². The van der Waals surface area contributed by atoms with Crippen LogP contribution in [0.25, 0.3) is 0 Å². The molecule has 1 fully saturated rings. The van der Waals surface area contributed by atoms with Crippen LogP contribution in [0.5, 0.6) is 0 Å². The van der Waals surface area contributed by atoms with Gasteiger partial charge in [0.05, 0.1) is 6.54 Å². The van der Waals surface area contributed by atoms with Gasteiger partial charge < -0.3 is 14.4 Å². The summed E-state index contributed by atoms with van der Waals surface area (Å²) in [5.41, 5.74) is 2.96. The van der Waals surface area contributed by atoms with E-state index in [1.807, 2.05) is 37.3 Å².